The van der Waals surface area contributed by atoms with E-state index in [-0.39, 0.29) is 12.6 Å². The van der Waals surface area contributed by atoms with Gasteiger partial charge in [-0.2, -0.15) is 0 Å². The lowest BCUT2D eigenvalue weighted by Gasteiger charge is -2.20. The van der Waals surface area contributed by atoms with Crippen LogP contribution >= 0.6 is 23.2 Å². The Bertz CT molecular complexity index is 518. The van der Waals surface area contributed by atoms with Crippen molar-refractivity contribution in [3.63, 3.8) is 0 Å². The molecule has 0 radical (unpaired) electrons. The third-order valence-corrected chi connectivity index (χ3v) is 3.46. The predicted molar refractivity (Wildman–Crippen MR) is 72.8 cm³/mol. The number of hydrogen-bond donors (Lipinski definition) is 2. The third-order valence-electron chi connectivity index (χ3n) is 2.72. The van der Waals surface area contributed by atoms with Crippen LogP contribution in [0, 0.1) is 0 Å². The molecule has 1 aliphatic rings. The quantitative estimate of drug-likeness (QED) is 0.898. The number of amides is 2. The van der Waals surface area contributed by atoms with Gasteiger partial charge < -0.3 is 15.3 Å². The number of nitrogens with one attached hydrogen (secondary N) is 1. The third kappa shape index (κ3) is 3.75. The topological polar surface area (TPSA) is 69.6 Å². The minimum Gasteiger partial charge on any atom is -0.480 e. The fraction of sp³-hybridized carbons (Fsp3) is 0.333. The molecule has 0 unspecified atom stereocenters. The Labute approximate surface area is 120 Å². The molecule has 102 valence electrons. The number of aliphatic carboxylic acids is 1. The summed E-state index contributed by atoms with van der Waals surface area (Å²) in [6.45, 7) is -0.308. The number of urea groups is 1. The van der Waals surface area contributed by atoms with E-state index in [1.165, 1.54) is 11.0 Å². The van der Waals surface area contributed by atoms with E-state index in [1.54, 1.807) is 12.1 Å². The van der Waals surface area contributed by atoms with Crippen LogP contribution < -0.4 is 5.32 Å². The SMILES string of the molecule is O=C(O)CN(C(=O)Nc1ccc(Cl)c(Cl)c1)C1CC1. The van der Waals surface area contributed by atoms with Crippen LogP contribution in [0.4, 0.5) is 10.5 Å². The molecule has 2 N–H and O–H groups in total. The Morgan fingerprint density at radius 3 is 2.53 bits per heavy atom. The van der Waals surface area contributed by atoms with Gasteiger partial charge in [-0.3, -0.25) is 4.79 Å². The number of halogens is 2. The summed E-state index contributed by atoms with van der Waals surface area (Å²) in [4.78, 5) is 24.0. The zero-order chi connectivity index (χ0) is 14.0. The zero-order valence-electron chi connectivity index (χ0n) is 9.90. The van der Waals surface area contributed by atoms with Crippen molar-refractivity contribution in [1.29, 1.82) is 0 Å². The van der Waals surface area contributed by atoms with E-state index < -0.39 is 12.0 Å². The first-order valence-electron chi connectivity index (χ1n) is 5.72. The van der Waals surface area contributed by atoms with Gasteiger partial charge in [0.05, 0.1) is 10.0 Å². The summed E-state index contributed by atoms with van der Waals surface area (Å²) in [5.74, 6) is -1.03. The molecule has 7 heteroatoms. The van der Waals surface area contributed by atoms with E-state index in [0.717, 1.165) is 12.8 Å². The fourth-order valence-electron chi connectivity index (χ4n) is 1.67. The van der Waals surface area contributed by atoms with Gasteiger partial charge in [0.1, 0.15) is 6.54 Å². The molecule has 0 bridgehead atoms. The second-order valence-corrected chi connectivity index (χ2v) is 5.13. The number of carbonyl (C=O) groups excluding carboxylic acids is 1. The van der Waals surface area contributed by atoms with Crippen molar-refractivity contribution in [1.82, 2.24) is 4.90 Å². The number of carbonyl (C=O) groups is 2. The van der Waals surface area contributed by atoms with Gasteiger partial charge in [-0.25, -0.2) is 4.79 Å². The van der Waals surface area contributed by atoms with Crippen LogP contribution in [0.1, 0.15) is 12.8 Å². The first kappa shape index (κ1) is 14.0. The highest BCUT2D eigenvalue weighted by molar-refractivity contribution is 6.42. The Morgan fingerprint density at radius 1 is 1.32 bits per heavy atom. The number of nitrogens with zero attached hydrogens (tertiary/aromatic N) is 1. The van der Waals surface area contributed by atoms with Crippen molar-refractivity contribution >= 4 is 40.9 Å². The maximum Gasteiger partial charge on any atom is 0.323 e. The molecule has 0 spiro atoms. The molecule has 1 aliphatic carbocycles. The van der Waals surface area contributed by atoms with Crippen LogP contribution in [0.5, 0.6) is 0 Å². The monoisotopic (exact) mass is 302 g/mol. The van der Waals surface area contributed by atoms with Gasteiger partial charge in [0, 0.05) is 11.7 Å². The smallest absolute Gasteiger partial charge is 0.323 e. The van der Waals surface area contributed by atoms with Crippen LogP contribution in [0.3, 0.4) is 0 Å². The molecule has 0 aliphatic heterocycles. The number of anilines is 1. The summed E-state index contributed by atoms with van der Waals surface area (Å²) in [6, 6.07) is 4.27. The molecule has 0 saturated heterocycles. The normalized spacial score (nSPS) is 14.0. The van der Waals surface area contributed by atoms with E-state index in [0.29, 0.717) is 15.7 Å². The molecule has 0 atom stereocenters. The van der Waals surface area contributed by atoms with E-state index in [9.17, 15) is 9.59 Å². The van der Waals surface area contributed by atoms with Crippen molar-refractivity contribution in [2.75, 3.05) is 11.9 Å². The average Bonchev–Trinajstić information content (AvgIpc) is 3.14. The largest absolute Gasteiger partial charge is 0.480 e. The molecule has 0 heterocycles. The molecular weight excluding hydrogens is 291 g/mol. The first-order chi connectivity index (χ1) is 8.97. The minimum absolute atomic E-state index is 0.0128. The van der Waals surface area contributed by atoms with Crippen molar-refractivity contribution in [3.05, 3.63) is 28.2 Å². The lowest BCUT2D eigenvalue weighted by atomic mass is 10.3. The molecule has 19 heavy (non-hydrogen) atoms. The molecule has 2 amide bonds. The van der Waals surface area contributed by atoms with Gasteiger partial charge in [0.2, 0.25) is 0 Å². The van der Waals surface area contributed by atoms with Crippen LogP contribution in [0.2, 0.25) is 10.0 Å². The van der Waals surface area contributed by atoms with Crippen LogP contribution in [0.25, 0.3) is 0 Å². The number of carboxylic acids is 1. The van der Waals surface area contributed by atoms with Crippen LogP contribution in [0.15, 0.2) is 18.2 Å². The highest BCUT2D eigenvalue weighted by Crippen LogP contribution is 2.28. The summed E-state index contributed by atoms with van der Waals surface area (Å²) in [7, 11) is 0. The van der Waals surface area contributed by atoms with Crippen molar-refractivity contribution < 1.29 is 14.7 Å². The Morgan fingerprint density at radius 2 is 2.00 bits per heavy atom. The number of benzene rings is 1. The Kier molecular flexibility index (Phi) is 4.17. The van der Waals surface area contributed by atoms with Crippen molar-refractivity contribution in [2.45, 2.75) is 18.9 Å². The van der Waals surface area contributed by atoms with E-state index in [2.05, 4.69) is 5.32 Å². The summed E-state index contributed by atoms with van der Waals surface area (Å²) in [5, 5.41) is 12.1. The van der Waals surface area contributed by atoms with Crippen molar-refractivity contribution in [2.24, 2.45) is 0 Å². The summed E-state index contributed by atoms with van der Waals surface area (Å²) >= 11 is 11.6. The minimum atomic E-state index is -1.03. The zero-order valence-corrected chi connectivity index (χ0v) is 11.4. The molecule has 1 saturated carbocycles. The van der Waals surface area contributed by atoms with Crippen LogP contribution in [-0.4, -0.2) is 34.6 Å². The van der Waals surface area contributed by atoms with E-state index in [1.807, 2.05) is 0 Å². The van der Waals surface area contributed by atoms with E-state index in [4.69, 9.17) is 28.3 Å². The molecular formula is C12H12Cl2N2O3. The molecule has 2 rings (SSSR count). The Hall–Kier alpha value is -1.46. The molecule has 0 aromatic heterocycles. The van der Waals surface area contributed by atoms with Gasteiger partial charge in [0.15, 0.2) is 0 Å². The van der Waals surface area contributed by atoms with Gasteiger partial charge in [-0.05, 0) is 31.0 Å². The summed E-state index contributed by atoms with van der Waals surface area (Å²) in [6.07, 6.45) is 1.67. The fourth-order valence-corrected chi connectivity index (χ4v) is 1.97. The maximum atomic E-state index is 12.0. The molecule has 1 aromatic rings. The highest BCUT2D eigenvalue weighted by atomic mass is 35.5. The average molecular weight is 303 g/mol. The molecule has 1 aromatic carbocycles. The lowest BCUT2D eigenvalue weighted by Crippen LogP contribution is -2.40. The second-order valence-electron chi connectivity index (χ2n) is 4.31. The number of rotatable bonds is 4. The lowest BCUT2D eigenvalue weighted by molar-refractivity contribution is -0.137. The van der Waals surface area contributed by atoms with Crippen molar-refractivity contribution in [3.8, 4) is 0 Å². The standard InChI is InChI=1S/C12H12Cl2N2O3/c13-9-4-1-7(5-10(9)14)15-12(19)16(6-11(17)18)8-2-3-8/h1,4-5,8H,2-3,6H2,(H,15,19)(H,17,18). The van der Waals surface area contributed by atoms with Gasteiger partial charge in [-0.15, -0.1) is 0 Å². The van der Waals surface area contributed by atoms with E-state index >= 15 is 0 Å². The molecule has 5 nitrogen and oxygen atoms in total. The summed E-state index contributed by atoms with van der Waals surface area (Å²) < 4.78 is 0. The van der Waals surface area contributed by atoms with Gasteiger partial charge in [0.25, 0.3) is 0 Å². The maximum absolute atomic E-state index is 12.0. The molecule has 1 fully saturated rings. The van der Waals surface area contributed by atoms with Crippen LogP contribution in [-0.2, 0) is 4.79 Å². The van der Waals surface area contributed by atoms with Gasteiger partial charge >= 0.3 is 12.0 Å². The summed E-state index contributed by atoms with van der Waals surface area (Å²) in [5.41, 5.74) is 0.482. The predicted octanol–water partition coefficient (Wildman–Crippen LogP) is 3.07. The second kappa shape index (κ2) is 5.67. The first-order valence-corrected chi connectivity index (χ1v) is 6.47. The van der Waals surface area contributed by atoms with Gasteiger partial charge in [-0.1, -0.05) is 23.2 Å². The highest BCUT2D eigenvalue weighted by Gasteiger charge is 2.33. The Balaban J connectivity index is 2.05. The number of hydrogen-bond acceptors (Lipinski definition) is 2. The number of carboxylic acid groups (broad SMARTS) is 1.